The van der Waals surface area contributed by atoms with Crippen molar-refractivity contribution in [3.8, 4) is 0 Å². The van der Waals surface area contributed by atoms with Crippen LogP contribution < -0.4 is 5.32 Å². The minimum Gasteiger partial charge on any atom is -0.372 e. The predicted molar refractivity (Wildman–Crippen MR) is 82.3 cm³/mol. The summed E-state index contributed by atoms with van der Waals surface area (Å²) in [6.45, 7) is 5.17. The standard InChI is InChI=1S/C16H19N3O2/c1-11-9-19(10-12(2)21-11)16(20)18-14-7-3-5-13-6-4-8-17-15(13)14/h3-8,11-12H,9-10H2,1-2H3,(H,18,20). The Bertz CT molecular complexity index is 644. The van der Waals surface area contributed by atoms with Gasteiger partial charge < -0.3 is 15.0 Å². The third kappa shape index (κ3) is 2.97. The minimum atomic E-state index is -0.102. The van der Waals surface area contributed by atoms with Crippen molar-refractivity contribution in [2.75, 3.05) is 18.4 Å². The van der Waals surface area contributed by atoms with Crippen molar-refractivity contribution in [3.05, 3.63) is 36.5 Å². The van der Waals surface area contributed by atoms with E-state index in [4.69, 9.17) is 4.74 Å². The second-order valence-corrected chi connectivity index (χ2v) is 5.47. The largest absolute Gasteiger partial charge is 0.372 e. The van der Waals surface area contributed by atoms with Gasteiger partial charge in [0, 0.05) is 24.7 Å². The lowest BCUT2D eigenvalue weighted by atomic mass is 10.2. The number of amides is 2. The lowest BCUT2D eigenvalue weighted by molar-refractivity contribution is -0.0530. The van der Waals surface area contributed by atoms with Gasteiger partial charge in [-0.25, -0.2) is 4.79 Å². The first-order valence-corrected chi connectivity index (χ1v) is 7.18. The molecule has 2 heterocycles. The van der Waals surface area contributed by atoms with E-state index in [1.54, 1.807) is 11.1 Å². The van der Waals surface area contributed by atoms with E-state index in [1.165, 1.54) is 0 Å². The van der Waals surface area contributed by atoms with E-state index in [0.717, 1.165) is 16.6 Å². The van der Waals surface area contributed by atoms with Crippen LogP contribution in [0.15, 0.2) is 36.5 Å². The molecule has 2 atom stereocenters. The number of carbonyl (C=O) groups is 1. The zero-order valence-electron chi connectivity index (χ0n) is 12.2. The van der Waals surface area contributed by atoms with E-state index in [1.807, 2.05) is 44.2 Å². The number of ether oxygens (including phenoxy) is 1. The molecule has 0 bridgehead atoms. The van der Waals surface area contributed by atoms with E-state index in [-0.39, 0.29) is 18.2 Å². The normalized spacial score (nSPS) is 22.3. The van der Waals surface area contributed by atoms with Gasteiger partial charge in [-0.3, -0.25) is 4.98 Å². The molecule has 3 rings (SSSR count). The zero-order chi connectivity index (χ0) is 14.8. The van der Waals surface area contributed by atoms with E-state index in [9.17, 15) is 4.79 Å². The van der Waals surface area contributed by atoms with Gasteiger partial charge in [0.05, 0.1) is 23.4 Å². The summed E-state index contributed by atoms with van der Waals surface area (Å²) >= 11 is 0. The van der Waals surface area contributed by atoms with Crippen LogP contribution in [0.2, 0.25) is 0 Å². The summed E-state index contributed by atoms with van der Waals surface area (Å²) in [4.78, 5) is 18.6. The molecule has 1 fully saturated rings. The molecule has 110 valence electrons. The molecule has 1 aliphatic rings. The number of para-hydroxylation sites is 1. The third-order valence-electron chi connectivity index (χ3n) is 3.58. The third-order valence-corrected chi connectivity index (χ3v) is 3.58. The number of nitrogens with zero attached hydrogens (tertiary/aromatic N) is 2. The molecule has 0 saturated carbocycles. The first kappa shape index (κ1) is 13.8. The van der Waals surface area contributed by atoms with Crippen molar-refractivity contribution in [1.82, 2.24) is 9.88 Å². The number of morpholine rings is 1. The lowest BCUT2D eigenvalue weighted by Crippen LogP contribution is -2.49. The predicted octanol–water partition coefficient (Wildman–Crippen LogP) is 2.88. The zero-order valence-corrected chi connectivity index (χ0v) is 12.2. The summed E-state index contributed by atoms with van der Waals surface area (Å²) in [6, 6.07) is 9.55. The Morgan fingerprint density at radius 2 is 1.95 bits per heavy atom. The van der Waals surface area contributed by atoms with Gasteiger partial charge in [0.15, 0.2) is 0 Å². The maximum absolute atomic E-state index is 12.4. The van der Waals surface area contributed by atoms with Gasteiger partial charge in [-0.1, -0.05) is 18.2 Å². The highest BCUT2D eigenvalue weighted by molar-refractivity contribution is 5.99. The SMILES string of the molecule is CC1CN(C(=O)Nc2cccc3cccnc23)CC(C)O1. The number of hydrogen-bond acceptors (Lipinski definition) is 3. The monoisotopic (exact) mass is 285 g/mol. The molecule has 5 heteroatoms. The van der Waals surface area contributed by atoms with Gasteiger partial charge in [0.25, 0.3) is 0 Å². The van der Waals surface area contributed by atoms with Crippen molar-refractivity contribution >= 4 is 22.6 Å². The smallest absolute Gasteiger partial charge is 0.322 e. The highest BCUT2D eigenvalue weighted by Gasteiger charge is 2.26. The van der Waals surface area contributed by atoms with Gasteiger partial charge in [-0.2, -0.15) is 0 Å². The second-order valence-electron chi connectivity index (χ2n) is 5.47. The molecular formula is C16H19N3O2. The fraction of sp³-hybridized carbons (Fsp3) is 0.375. The lowest BCUT2D eigenvalue weighted by Gasteiger charge is -2.35. The molecule has 2 amide bonds. The number of benzene rings is 1. The summed E-state index contributed by atoms with van der Waals surface area (Å²) in [5.74, 6) is 0. The van der Waals surface area contributed by atoms with Gasteiger partial charge in [0.2, 0.25) is 0 Å². The molecule has 1 aromatic heterocycles. The Kier molecular flexibility index (Phi) is 3.75. The Morgan fingerprint density at radius 1 is 1.24 bits per heavy atom. The molecule has 1 saturated heterocycles. The molecule has 0 spiro atoms. The maximum Gasteiger partial charge on any atom is 0.322 e. The Balaban J connectivity index is 1.80. The number of urea groups is 1. The average molecular weight is 285 g/mol. The number of aromatic nitrogens is 1. The highest BCUT2D eigenvalue weighted by Crippen LogP contribution is 2.21. The van der Waals surface area contributed by atoms with Gasteiger partial charge in [-0.15, -0.1) is 0 Å². The fourth-order valence-corrected chi connectivity index (χ4v) is 2.74. The summed E-state index contributed by atoms with van der Waals surface area (Å²) in [5, 5.41) is 3.98. The molecular weight excluding hydrogens is 266 g/mol. The van der Waals surface area contributed by atoms with E-state index >= 15 is 0 Å². The van der Waals surface area contributed by atoms with Crippen molar-refractivity contribution < 1.29 is 9.53 Å². The maximum atomic E-state index is 12.4. The molecule has 2 aromatic rings. The van der Waals surface area contributed by atoms with Crippen LogP contribution in [0.5, 0.6) is 0 Å². The number of hydrogen-bond donors (Lipinski definition) is 1. The number of fused-ring (bicyclic) bond motifs is 1. The van der Waals surface area contributed by atoms with Gasteiger partial charge in [0.1, 0.15) is 0 Å². The number of carbonyl (C=O) groups excluding carboxylic acids is 1. The van der Waals surface area contributed by atoms with Crippen LogP contribution in [0.3, 0.4) is 0 Å². The summed E-state index contributed by atoms with van der Waals surface area (Å²) in [6.07, 6.45) is 1.85. The first-order valence-electron chi connectivity index (χ1n) is 7.18. The fourth-order valence-electron chi connectivity index (χ4n) is 2.74. The molecule has 5 nitrogen and oxygen atoms in total. The van der Waals surface area contributed by atoms with Crippen molar-refractivity contribution in [2.24, 2.45) is 0 Å². The van der Waals surface area contributed by atoms with Crippen LogP contribution in [0, 0.1) is 0 Å². The minimum absolute atomic E-state index is 0.0603. The van der Waals surface area contributed by atoms with Gasteiger partial charge >= 0.3 is 6.03 Å². The topological polar surface area (TPSA) is 54.5 Å². The van der Waals surface area contributed by atoms with Crippen LogP contribution in [0.4, 0.5) is 10.5 Å². The average Bonchev–Trinajstić information content (AvgIpc) is 2.46. The number of rotatable bonds is 1. The van der Waals surface area contributed by atoms with Crippen molar-refractivity contribution in [1.29, 1.82) is 0 Å². The molecule has 1 N–H and O–H groups in total. The quantitative estimate of drug-likeness (QED) is 0.876. The molecule has 21 heavy (non-hydrogen) atoms. The van der Waals surface area contributed by atoms with Crippen molar-refractivity contribution in [2.45, 2.75) is 26.1 Å². The number of anilines is 1. The Labute approximate surface area is 123 Å². The number of pyridine rings is 1. The summed E-state index contributed by atoms with van der Waals surface area (Å²) in [5.41, 5.74) is 1.55. The van der Waals surface area contributed by atoms with Crippen LogP contribution in [-0.2, 0) is 4.74 Å². The molecule has 0 aliphatic carbocycles. The number of nitrogens with one attached hydrogen (secondary N) is 1. The Hall–Kier alpha value is -2.14. The molecule has 1 aliphatic heterocycles. The molecule has 0 radical (unpaired) electrons. The first-order chi connectivity index (χ1) is 10.1. The van der Waals surface area contributed by atoms with E-state index in [2.05, 4.69) is 10.3 Å². The van der Waals surface area contributed by atoms with Gasteiger partial charge in [-0.05, 0) is 26.0 Å². The summed E-state index contributed by atoms with van der Waals surface area (Å²) < 4.78 is 5.65. The Morgan fingerprint density at radius 3 is 2.71 bits per heavy atom. The van der Waals surface area contributed by atoms with Crippen molar-refractivity contribution in [3.63, 3.8) is 0 Å². The summed E-state index contributed by atoms with van der Waals surface area (Å²) in [7, 11) is 0. The second kappa shape index (κ2) is 5.69. The van der Waals surface area contributed by atoms with Crippen LogP contribution in [0.1, 0.15) is 13.8 Å². The van der Waals surface area contributed by atoms with E-state index in [0.29, 0.717) is 13.1 Å². The van der Waals surface area contributed by atoms with Crippen LogP contribution in [-0.4, -0.2) is 41.2 Å². The van der Waals surface area contributed by atoms with Crippen LogP contribution in [0.25, 0.3) is 10.9 Å². The highest BCUT2D eigenvalue weighted by atomic mass is 16.5. The molecule has 1 aromatic carbocycles. The van der Waals surface area contributed by atoms with E-state index < -0.39 is 0 Å². The molecule has 2 unspecified atom stereocenters. The van der Waals surface area contributed by atoms with Crippen LogP contribution >= 0.6 is 0 Å².